The van der Waals surface area contributed by atoms with Crippen molar-refractivity contribution in [1.29, 1.82) is 0 Å². The molecule has 116 valence electrons. The standard InChI is InChI=1S/C15H22FN3O2/c1-3-4-18-15(20)14-9-21-6-5-19(14)13-7-10(2)11(16)8-12(13)17/h7-8,14H,3-6,9,17H2,1-2H3,(H,18,20). The second-order valence-electron chi connectivity index (χ2n) is 5.24. The van der Waals surface area contributed by atoms with Crippen LogP contribution in [0.25, 0.3) is 0 Å². The summed E-state index contributed by atoms with van der Waals surface area (Å²) in [6, 6.07) is 2.56. The van der Waals surface area contributed by atoms with Crippen LogP contribution in [0.1, 0.15) is 18.9 Å². The van der Waals surface area contributed by atoms with Crippen molar-refractivity contribution in [3.05, 3.63) is 23.5 Å². The van der Waals surface area contributed by atoms with Gasteiger partial charge in [0.2, 0.25) is 5.91 Å². The van der Waals surface area contributed by atoms with Crippen LogP contribution < -0.4 is 16.0 Å². The second kappa shape index (κ2) is 6.76. The molecule has 6 heteroatoms. The first-order valence-electron chi connectivity index (χ1n) is 7.22. The first-order valence-corrected chi connectivity index (χ1v) is 7.22. The van der Waals surface area contributed by atoms with E-state index >= 15 is 0 Å². The van der Waals surface area contributed by atoms with Gasteiger partial charge in [0, 0.05) is 13.1 Å². The average molecular weight is 295 g/mol. The number of halogens is 1. The molecule has 1 unspecified atom stereocenters. The molecule has 21 heavy (non-hydrogen) atoms. The second-order valence-corrected chi connectivity index (χ2v) is 5.24. The van der Waals surface area contributed by atoms with Gasteiger partial charge in [0.15, 0.2) is 0 Å². The van der Waals surface area contributed by atoms with Gasteiger partial charge in [-0.15, -0.1) is 0 Å². The predicted molar refractivity (Wildman–Crippen MR) is 80.8 cm³/mol. The van der Waals surface area contributed by atoms with Crippen LogP contribution in [0.3, 0.4) is 0 Å². The van der Waals surface area contributed by atoms with Crippen LogP contribution in [-0.4, -0.2) is 38.3 Å². The fourth-order valence-electron chi connectivity index (χ4n) is 2.41. The fraction of sp³-hybridized carbons (Fsp3) is 0.533. The fourth-order valence-corrected chi connectivity index (χ4v) is 2.41. The van der Waals surface area contributed by atoms with Crippen molar-refractivity contribution >= 4 is 17.3 Å². The SMILES string of the molecule is CCCNC(=O)C1COCCN1c1cc(C)c(F)cc1N. The average Bonchev–Trinajstić information content (AvgIpc) is 2.48. The molecule has 1 aliphatic rings. The van der Waals surface area contributed by atoms with Crippen molar-refractivity contribution in [2.45, 2.75) is 26.3 Å². The topological polar surface area (TPSA) is 67.6 Å². The summed E-state index contributed by atoms with van der Waals surface area (Å²) in [7, 11) is 0. The Balaban J connectivity index is 2.26. The molecule has 1 fully saturated rings. The maximum Gasteiger partial charge on any atom is 0.245 e. The number of hydrogen-bond donors (Lipinski definition) is 2. The quantitative estimate of drug-likeness (QED) is 0.825. The molecule has 1 aliphatic heterocycles. The summed E-state index contributed by atoms with van der Waals surface area (Å²) in [6.45, 7) is 5.70. The number of anilines is 2. The maximum absolute atomic E-state index is 13.5. The Kier molecular flexibility index (Phi) is 5.01. The highest BCUT2D eigenvalue weighted by atomic mass is 19.1. The normalized spacial score (nSPS) is 18.6. The van der Waals surface area contributed by atoms with Crippen molar-refractivity contribution in [2.75, 3.05) is 36.9 Å². The summed E-state index contributed by atoms with van der Waals surface area (Å²) in [5, 5.41) is 2.87. The van der Waals surface area contributed by atoms with Gasteiger partial charge in [-0.05, 0) is 31.0 Å². The summed E-state index contributed by atoms with van der Waals surface area (Å²) in [5.41, 5.74) is 7.47. The molecule has 1 saturated heterocycles. The molecule has 1 heterocycles. The molecule has 1 atom stereocenters. The number of amides is 1. The van der Waals surface area contributed by atoms with Crippen molar-refractivity contribution < 1.29 is 13.9 Å². The lowest BCUT2D eigenvalue weighted by molar-refractivity contribution is -0.124. The molecule has 0 aromatic heterocycles. The van der Waals surface area contributed by atoms with Crippen LogP contribution in [0, 0.1) is 12.7 Å². The zero-order valence-corrected chi connectivity index (χ0v) is 12.5. The molecule has 0 aliphatic carbocycles. The molecule has 3 N–H and O–H groups in total. The van der Waals surface area contributed by atoms with Crippen LogP contribution in [0.2, 0.25) is 0 Å². The third kappa shape index (κ3) is 3.44. The van der Waals surface area contributed by atoms with Gasteiger partial charge in [0.25, 0.3) is 0 Å². The minimum atomic E-state index is -0.433. The number of aryl methyl sites for hydroxylation is 1. The molecule has 1 amide bonds. The zero-order chi connectivity index (χ0) is 15.4. The Morgan fingerprint density at radius 3 is 3.05 bits per heavy atom. The van der Waals surface area contributed by atoms with E-state index in [1.807, 2.05) is 11.8 Å². The highest BCUT2D eigenvalue weighted by molar-refractivity contribution is 5.87. The van der Waals surface area contributed by atoms with Crippen LogP contribution in [0.4, 0.5) is 15.8 Å². The largest absolute Gasteiger partial charge is 0.397 e. The van der Waals surface area contributed by atoms with Crippen molar-refractivity contribution in [1.82, 2.24) is 5.32 Å². The third-order valence-corrected chi connectivity index (χ3v) is 3.60. The molecule has 1 aromatic rings. The molecule has 0 bridgehead atoms. The lowest BCUT2D eigenvalue weighted by atomic mass is 10.1. The Labute approximate surface area is 124 Å². The smallest absolute Gasteiger partial charge is 0.245 e. The molecule has 0 radical (unpaired) electrons. The number of morpholine rings is 1. The van der Waals surface area contributed by atoms with Crippen LogP contribution in [0.5, 0.6) is 0 Å². The summed E-state index contributed by atoms with van der Waals surface area (Å²) < 4.78 is 19.0. The van der Waals surface area contributed by atoms with Crippen molar-refractivity contribution in [3.8, 4) is 0 Å². The molecule has 0 spiro atoms. The number of benzene rings is 1. The van der Waals surface area contributed by atoms with E-state index in [0.717, 1.165) is 6.42 Å². The molecule has 1 aromatic carbocycles. The number of nitrogen functional groups attached to an aromatic ring is 1. The first-order chi connectivity index (χ1) is 10.0. The number of ether oxygens (including phenoxy) is 1. The predicted octanol–water partition coefficient (Wildman–Crippen LogP) is 1.45. The maximum atomic E-state index is 13.5. The number of nitrogens with one attached hydrogen (secondary N) is 1. The Morgan fingerprint density at radius 2 is 2.33 bits per heavy atom. The van der Waals surface area contributed by atoms with Gasteiger partial charge >= 0.3 is 0 Å². The van der Waals surface area contributed by atoms with Gasteiger partial charge in [0.05, 0.1) is 24.6 Å². The molecular formula is C15H22FN3O2. The number of carbonyl (C=O) groups is 1. The van der Waals surface area contributed by atoms with Gasteiger partial charge in [-0.25, -0.2) is 4.39 Å². The van der Waals surface area contributed by atoms with Gasteiger partial charge in [-0.3, -0.25) is 4.79 Å². The zero-order valence-electron chi connectivity index (χ0n) is 12.5. The summed E-state index contributed by atoms with van der Waals surface area (Å²) in [4.78, 5) is 14.2. The Morgan fingerprint density at radius 1 is 1.57 bits per heavy atom. The number of rotatable bonds is 4. The van der Waals surface area contributed by atoms with E-state index in [9.17, 15) is 9.18 Å². The molecule has 5 nitrogen and oxygen atoms in total. The van der Waals surface area contributed by atoms with E-state index < -0.39 is 6.04 Å². The van der Waals surface area contributed by atoms with E-state index in [1.54, 1.807) is 13.0 Å². The van der Waals surface area contributed by atoms with Gasteiger partial charge < -0.3 is 20.7 Å². The van der Waals surface area contributed by atoms with Gasteiger partial charge in [0.1, 0.15) is 11.9 Å². The minimum absolute atomic E-state index is 0.0853. The summed E-state index contributed by atoms with van der Waals surface area (Å²) >= 11 is 0. The van der Waals surface area contributed by atoms with E-state index in [4.69, 9.17) is 10.5 Å². The number of nitrogens with two attached hydrogens (primary N) is 1. The van der Waals surface area contributed by atoms with Crippen LogP contribution in [-0.2, 0) is 9.53 Å². The summed E-state index contributed by atoms with van der Waals surface area (Å²) in [6.07, 6.45) is 0.872. The third-order valence-electron chi connectivity index (χ3n) is 3.60. The number of carbonyl (C=O) groups excluding carboxylic acids is 1. The van der Waals surface area contributed by atoms with E-state index in [-0.39, 0.29) is 11.7 Å². The molecular weight excluding hydrogens is 273 g/mol. The van der Waals surface area contributed by atoms with Crippen LogP contribution in [0.15, 0.2) is 12.1 Å². The van der Waals surface area contributed by atoms with Crippen molar-refractivity contribution in [2.24, 2.45) is 0 Å². The summed E-state index contributed by atoms with van der Waals surface area (Å²) in [5.74, 6) is -0.422. The highest BCUT2D eigenvalue weighted by Crippen LogP contribution is 2.29. The van der Waals surface area contributed by atoms with Crippen LogP contribution >= 0.6 is 0 Å². The monoisotopic (exact) mass is 295 g/mol. The molecule has 2 rings (SSSR count). The van der Waals surface area contributed by atoms with E-state index in [2.05, 4.69) is 5.32 Å². The number of hydrogen-bond acceptors (Lipinski definition) is 4. The number of nitrogens with zero attached hydrogens (tertiary/aromatic N) is 1. The van der Waals surface area contributed by atoms with Gasteiger partial charge in [-0.1, -0.05) is 6.92 Å². The Bertz CT molecular complexity index is 522. The minimum Gasteiger partial charge on any atom is -0.397 e. The van der Waals surface area contributed by atoms with Crippen molar-refractivity contribution in [3.63, 3.8) is 0 Å². The lowest BCUT2D eigenvalue weighted by Gasteiger charge is -2.37. The van der Waals surface area contributed by atoms with E-state index in [1.165, 1.54) is 6.07 Å². The van der Waals surface area contributed by atoms with Gasteiger partial charge in [-0.2, -0.15) is 0 Å². The Hall–Kier alpha value is -1.82. The molecule has 0 saturated carbocycles. The first kappa shape index (κ1) is 15.6. The highest BCUT2D eigenvalue weighted by Gasteiger charge is 2.30. The van der Waals surface area contributed by atoms with E-state index in [0.29, 0.717) is 43.2 Å². The lowest BCUT2D eigenvalue weighted by Crippen LogP contribution is -2.54.